The zero-order chi connectivity index (χ0) is 19.8. The lowest BCUT2D eigenvalue weighted by atomic mass is 10.1. The molecule has 0 amide bonds. The smallest absolute Gasteiger partial charge is 0.198 e. The number of nitrogens with one attached hydrogen (secondary N) is 1. The molecule has 1 aliphatic heterocycles. The molecular formula is C22H29N3O3. The summed E-state index contributed by atoms with van der Waals surface area (Å²) in [4.78, 5) is 6.99. The van der Waals surface area contributed by atoms with Gasteiger partial charge in [0.15, 0.2) is 5.96 Å². The van der Waals surface area contributed by atoms with Crippen molar-refractivity contribution < 1.29 is 14.6 Å². The SMILES string of the molecule is COc1cc(OC)cc(C(O)CN=C(Nc2ccccc2)N2CCCCC2)c1. The van der Waals surface area contributed by atoms with Crippen molar-refractivity contribution in [1.29, 1.82) is 0 Å². The fourth-order valence-electron chi connectivity index (χ4n) is 3.28. The van der Waals surface area contributed by atoms with E-state index in [1.165, 1.54) is 6.42 Å². The van der Waals surface area contributed by atoms with Crippen LogP contribution in [0, 0.1) is 0 Å². The standard InChI is InChI=1S/C22H29N3O3/c1-27-19-13-17(14-20(15-19)28-2)21(26)16-23-22(25-11-7-4-8-12-25)24-18-9-5-3-6-10-18/h3,5-6,9-10,13-15,21,26H,4,7-8,11-12,16H2,1-2H3,(H,23,24). The largest absolute Gasteiger partial charge is 0.497 e. The van der Waals surface area contributed by atoms with E-state index < -0.39 is 6.10 Å². The van der Waals surface area contributed by atoms with Gasteiger partial charge in [0, 0.05) is 24.8 Å². The van der Waals surface area contributed by atoms with Gasteiger partial charge in [-0.25, -0.2) is 4.99 Å². The Kier molecular flexibility index (Phi) is 7.14. The van der Waals surface area contributed by atoms with Crippen LogP contribution in [0.3, 0.4) is 0 Å². The Balaban J connectivity index is 1.77. The van der Waals surface area contributed by atoms with E-state index >= 15 is 0 Å². The predicted octanol–water partition coefficient (Wildman–Crippen LogP) is 3.69. The number of piperidine rings is 1. The third-order valence-corrected chi connectivity index (χ3v) is 4.86. The van der Waals surface area contributed by atoms with E-state index in [0.29, 0.717) is 11.5 Å². The molecule has 2 N–H and O–H groups in total. The summed E-state index contributed by atoms with van der Waals surface area (Å²) in [5, 5.41) is 14.1. The average Bonchev–Trinajstić information content (AvgIpc) is 2.77. The van der Waals surface area contributed by atoms with Gasteiger partial charge in [-0.15, -0.1) is 0 Å². The number of aliphatic hydroxyl groups is 1. The third kappa shape index (κ3) is 5.39. The number of nitrogens with zero attached hydrogens (tertiary/aromatic N) is 2. The fraction of sp³-hybridized carbons (Fsp3) is 0.409. The van der Waals surface area contributed by atoms with Gasteiger partial charge in [-0.05, 0) is 49.1 Å². The Morgan fingerprint density at radius 3 is 2.29 bits per heavy atom. The summed E-state index contributed by atoms with van der Waals surface area (Å²) in [5.74, 6) is 2.10. The second-order valence-corrected chi connectivity index (χ2v) is 6.86. The van der Waals surface area contributed by atoms with E-state index in [2.05, 4.69) is 10.2 Å². The van der Waals surface area contributed by atoms with Gasteiger partial charge in [-0.2, -0.15) is 0 Å². The van der Waals surface area contributed by atoms with Crippen molar-refractivity contribution in [2.24, 2.45) is 4.99 Å². The molecule has 1 heterocycles. The molecular weight excluding hydrogens is 354 g/mol. The van der Waals surface area contributed by atoms with Gasteiger partial charge in [0.05, 0.1) is 26.9 Å². The topological polar surface area (TPSA) is 66.3 Å². The number of aliphatic imine (C=N–C) groups is 1. The van der Waals surface area contributed by atoms with Crippen molar-refractivity contribution in [3.8, 4) is 11.5 Å². The Morgan fingerprint density at radius 2 is 1.68 bits per heavy atom. The number of aliphatic hydroxyl groups excluding tert-OH is 1. The minimum Gasteiger partial charge on any atom is -0.497 e. The van der Waals surface area contributed by atoms with Crippen LogP contribution in [-0.2, 0) is 0 Å². The van der Waals surface area contributed by atoms with Crippen molar-refractivity contribution in [1.82, 2.24) is 4.90 Å². The molecule has 0 spiro atoms. The zero-order valence-electron chi connectivity index (χ0n) is 16.6. The molecule has 6 heteroatoms. The van der Waals surface area contributed by atoms with E-state index in [1.54, 1.807) is 20.3 Å². The first kappa shape index (κ1) is 20.0. The van der Waals surface area contributed by atoms with Crippen LogP contribution >= 0.6 is 0 Å². The van der Waals surface area contributed by atoms with Crippen LogP contribution in [0.1, 0.15) is 30.9 Å². The Hall–Kier alpha value is -2.73. The summed E-state index contributed by atoms with van der Waals surface area (Å²) in [5.41, 5.74) is 1.71. The van der Waals surface area contributed by atoms with Crippen LogP contribution in [0.5, 0.6) is 11.5 Å². The maximum absolute atomic E-state index is 10.7. The van der Waals surface area contributed by atoms with Crippen LogP contribution < -0.4 is 14.8 Å². The lowest BCUT2D eigenvalue weighted by Crippen LogP contribution is -2.40. The predicted molar refractivity (Wildman–Crippen MR) is 112 cm³/mol. The minimum absolute atomic E-state index is 0.252. The highest BCUT2D eigenvalue weighted by atomic mass is 16.5. The van der Waals surface area contributed by atoms with Gasteiger partial charge in [0.25, 0.3) is 0 Å². The van der Waals surface area contributed by atoms with E-state index in [4.69, 9.17) is 14.5 Å². The van der Waals surface area contributed by atoms with E-state index in [-0.39, 0.29) is 6.54 Å². The molecule has 3 rings (SSSR count). The summed E-state index contributed by atoms with van der Waals surface area (Å²) in [6.45, 7) is 2.20. The highest BCUT2D eigenvalue weighted by Gasteiger charge is 2.17. The molecule has 1 unspecified atom stereocenters. The first-order valence-corrected chi connectivity index (χ1v) is 9.72. The van der Waals surface area contributed by atoms with Crippen LogP contribution in [0.2, 0.25) is 0 Å². The number of likely N-dealkylation sites (tertiary alicyclic amines) is 1. The first-order valence-electron chi connectivity index (χ1n) is 9.72. The molecule has 1 saturated heterocycles. The fourth-order valence-corrected chi connectivity index (χ4v) is 3.28. The second-order valence-electron chi connectivity index (χ2n) is 6.86. The summed E-state index contributed by atoms with van der Waals surface area (Å²) in [7, 11) is 3.20. The highest BCUT2D eigenvalue weighted by Crippen LogP contribution is 2.26. The molecule has 2 aromatic rings. The molecule has 0 aromatic heterocycles. The number of rotatable bonds is 6. The number of anilines is 1. The van der Waals surface area contributed by atoms with Gasteiger partial charge in [0.1, 0.15) is 11.5 Å². The van der Waals surface area contributed by atoms with Crippen molar-refractivity contribution in [3.05, 3.63) is 54.1 Å². The number of hydrogen-bond acceptors (Lipinski definition) is 4. The molecule has 0 bridgehead atoms. The van der Waals surface area contributed by atoms with Crippen molar-refractivity contribution in [2.45, 2.75) is 25.4 Å². The summed E-state index contributed by atoms with van der Waals surface area (Å²) < 4.78 is 10.6. The van der Waals surface area contributed by atoms with E-state index in [1.807, 2.05) is 42.5 Å². The molecule has 1 aliphatic rings. The lowest BCUT2D eigenvalue weighted by molar-refractivity contribution is 0.185. The number of benzene rings is 2. The molecule has 2 aromatic carbocycles. The Labute approximate surface area is 166 Å². The van der Waals surface area contributed by atoms with Gasteiger partial charge in [-0.1, -0.05) is 18.2 Å². The van der Waals surface area contributed by atoms with Crippen LogP contribution in [-0.4, -0.2) is 49.8 Å². The zero-order valence-corrected chi connectivity index (χ0v) is 16.6. The third-order valence-electron chi connectivity index (χ3n) is 4.86. The van der Waals surface area contributed by atoms with Crippen LogP contribution in [0.4, 0.5) is 5.69 Å². The minimum atomic E-state index is -0.749. The normalized spacial score (nSPS) is 15.8. The number of ether oxygens (including phenoxy) is 2. The summed E-state index contributed by atoms with van der Waals surface area (Å²) >= 11 is 0. The van der Waals surface area contributed by atoms with Crippen LogP contribution in [0.15, 0.2) is 53.5 Å². The average molecular weight is 383 g/mol. The van der Waals surface area contributed by atoms with Crippen molar-refractivity contribution >= 4 is 11.6 Å². The quantitative estimate of drug-likeness (QED) is 0.588. The number of hydrogen-bond donors (Lipinski definition) is 2. The van der Waals surface area contributed by atoms with Gasteiger partial charge in [0.2, 0.25) is 0 Å². The monoisotopic (exact) mass is 383 g/mol. The molecule has 0 aliphatic carbocycles. The molecule has 1 fully saturated rings. The lowest BCUT2D eigenvalue weighted by Gasteiger charge is -2.30. The molecule has 6 nitrogen and oxygen atoms in total. The summed E-state index contributed by atoms with van der Waals surface area (Å²) in [6, 6.07) is 15.4. The van der Waals surface area contributed by atoms with Gasteiger partial charge < -0.3 is 24.8 Å². The van der Waals surface area contributed by atoms with E-state index in [9.17, 15) is 5.11 Å². The number of guanidine groups is 1. The van der Waals surface area contributed by atoms with Crippen LogP contribution in [0.25, 0.3) is 0 Å². The molecule has 0 saturated carbocycles. The number of para-hydroxylation sites is 1. The number of methoxy groups -OCH3 is 2. The van der Waals surface area contributed by atoms with Crippen molar-refractivity contribution in [2.75, 3.05) is 39.2 Å². The molecule has 28 heavy (non-hydrogen) atoms. The molecule has 1 atom stereocenters. The Morgan fingerprint density at radius 1 is 1.04 bits per heavy atom. The maximum Gasteiger partial charge on any atom is 0.198 e. The molecule has 150 valence electrons. The van der Waals surface area contributed by atoms with Crippen molar-refractivity contribution in [3.63, 3.8) is 0 Å². The van der Waals surface area contributed by atoms with Gasteiger partial charge >= 0.3 is 0 Å². The highest BCUT2D eigenvalue weighted by molar-refractivity contribution is 5.93. The van der Waals surface area contributed by atoms with E-state index in [0.717, 1.165) is 43.1 Å². The molecule has 0 radical (unpaired) electrons. The summed E-state index contributed by atoms with van der Waals surface area (Å²) in [6.07, 6.45) is 2.82. The maximum atomic E-state index is 10.7. The Bertz CT molecular complexity index is 752. The second kappa shape index (κ2) is 9.99. The first-order chi connectivity index (χ1) is 13.7. The van der Waals surface area contributed by atoms with Gasteiger partial charge in [-0.3, -0.25) is 0 Å².